The first kappa shape index (κ1) is 14.1. The minimum atomic E-state index is 0.201. The molecule has 0 radical (unpaired) electrons. The van der Waals surface area contributed by atoms with Crippen molar-refractivity contribution in [3.63, 3.8) is 0 Å². The van der Waals surface area contributed by atoms with Crippen molar-refractivity contribution in [1.29, 1.82) is 0 Å². The lowest BCUT2D eigenvalue weighted by Crippen LogP contribution is -2.39. The molecule has 2 aromatic carbocycles. The predicted octanol–water partition coefficient (Wildman–Crippen LogP) is 3.98. The standard InChI is InChI=1S/C19H20ClNO/c1-21-9-8-13-10-16(20)18(22)11-15(13)19-14-5-3-2-4-12(14)6-7-17(19)21/h2-5,10-11,17,19,22H,6-9H2,1H3/t17-,19?/m1/s1. The first-order valence-electron chi connectivity index (χ1n) is 7.94. The molecule has 2 atom stereocenters. The van der Waals surface area contributed by atoms with Gasteiger partial charge in [-0.25, -0.2) is 0 Å². The Morgan fingerprint density at radius 1 is 1.09 bits per heavy atom. The average Bonchev–Trinajstić information content (AvgIpc) is 2.66. The van der Waals surface area contributed by atoms with Crippen LogP contribution in [0, 0.1) is 0 Å². The van der Waals surface area contributed by atoms with Gasteiger partial charge in [-0.15, -0.1) is 0 Å². The molecule has 0 amide bonds. The quantitative estimate of drug-likeness (QED) is 0.795. The number of nitrogens with zero attached hydrogens (tertiary/aromatic N) is 1. The van der Waals surface area contributed by atoms with Gasteiger partial charge < -0.3 is 10.0 Å². The molecule has 4 rings (SSSR count). The molecule has 22 heavy (non-hydrogen) atoms. The summed E-state index contributed by atoms with van der Waals surface area (Å²) in [5.74, 6) is 0.530. The number of phenolic OH excluding ortho intramolecular Hbond substituents is 1. The Labute approximate surface area is 136 Å². The SMILES string of the molecule is CN1CCc2cc(Cl)c(O)cc2C2c3ccccc3CC[C@H]21. The van der Waals surface area contributed by atoms with Gasteiger partial charge in [0.25, 0.3) is 0 Å². The lowest BCUT2D eigenvalue weighted by atomic mass is 9.74. The Morgan fingerprint density at radius 3 is 2.77 bits per heavy atom. The number of fused-ring (bicyclic) bond motifs is 5. The zero-order chi connectivity index (χ0) is 15.3. The van der Waals surface area contributed by atoms with Gasteiger partial charge in [-0.2, -0.15) is 0 Å². The van der Waals surface area contributed by atoms with E-state index in [9.17, 15) is 5.11 Å². The number of rotatable bonds is 0. The molecule has 0 saturated heterocycles. The van der Waals surface area contributed by atoms with E-state index in [2.05, 4.69) is 36.2 Å². The molecule has 114 valence electrons. The van der Waals surface area contributed by atoms with Gasteiger partial charge in [0.2, 0.25) is 0 Å². The third kappa shape index (κ3) is 2.13. The number of phenols is 1. The smallest absolute Gasteiger partial charge is 0.134 e. The fourth-order valence-electron chi connectivity index (χ4n) is 4.18. The highest BCUT2D eigenvalue weighted by Crippen LogP contribution is 2.44. The van der Waals surface area contributed by atoms with Crippen LogP contribution < -0.4 is 0 Å². The number of aromatic hydroxyl groups is 1. The van der Waals surface area contributed by atoms with Crippen molar-refractivity contribution in [2.24, 2.45) is 0 Å². The third-order valence-electron chi connectivity index (χ3n) is 5.33. The van der Waals surface area contributed by atoms with Gasteiger partial charge in [-0.1, -0.05) is 35.9 Å². The Hall–Kier alpha value is -1.51. The number of halogens is 1. The first-order valence-corrected chi connectivity index (χ1v) is 8.32. The molecule has 3 heteroatoms. The topological polar surface area (TPSA) is 23.5 Å². The molecule has 2 aliphatic rings. The molecular formula is C19H20ClNO. The second kappa shape index (κ2) is 5.29. The molecule has 0 bridgehead atoms. The number of likely N-dealkylation sites (N-methyl/N-ethyl adjacent to an activating group) is 1. The van der Waals surface area contributed by atoms with Gasteiger partial charge in [-0.05, 0) is 60.7 Å². The maximum Gasteiger partial charge on any atom is 0.134 e. The van der Waals surface area contributed by atoms with Crippen LogP contribution in [0.4, 0.5) is 0 Å². The highest BCUT2D eigenvalue weighted by molar-refractivity contribution is 6.32. The summed E-state index contributed by atoms with van der Waals surface area (Å²) in [6.07, 6.45) is 3.29. The van der Waals surface area contributed by atoms with Gasteiger partial charge in [0, 0.05) is 18.5 Å². The van der Waals surface area contributed by atoms with E-state index in [1.165, 1.54) is 28.7 Å². The summed E-state index contributed by atoms with van der Waals surface area (Å²) < 4.78 is 0. The fraction of sp³-hybridized carbons (Fsp3) is 0.368. The van der Waals surface area contributed by atoms with Crippen LogP contribution in [0.1, 0.15) is 34.6 Å². The van der Waals surface area contributed by atoms with E-state index in [-0.39, 0.29) is 5.75 Å². The molecular weight excluding hydrogens is 294 g/mol. The summed E-state index contributed by atoms with van der Waals surface area (Å²) >= 11 is 6.15. The normalized spacial score (nSPS) is 24.1. The van der Waals surface area contributed by atoms with Crippen LogP contribution in [0.2, 0.25) is 5.02 Å². The summed E-state index contributed by atoms with van der Waals surface area (Å²) in [6.45, 7) is 1.04. The van der Waals surface area contributed by atoms with Crippen LogP contribution in [0.15, 0.2) is 36.4 Å². The van der Waals surface area contributed by atoms with Gasteiger partial charge in [-0.3, -0.25) is 0 Å². The molecule has 0 saturated carbocycles. The van der Waals surface area contributed by atoms with Crippen molar-refractivity contribution in [3.8, 4) is 5.75 Å². The van der Waals surface area contributed by atoms with Gasteiger partial charge in [0.05, 0.1) is 5.02 Å². The monoisotopic (exact) mass is 313 g/mol. The first-order chi connectivity index (χ1) is 10.6. The lowest BCUT2D eigenvalue weighted by molar-refractivity contribution is 0.214. The van der Waals surface area contributed by atoms with Crippen LogP contribution in [0.25, 0.3) is 0 Å². The summed E-state index contributed by atoms with van der Waals surface area (Å²) in [7, 11) is 2.22. The number of hydrogen-bond acceptors (Lipinski definition) is 2. The molecule has 1 aliphatic heterocycles. The molecule has 0 spiro atoms. The van der Waals surface area contributed by atoms with Crippen LogP contribution >= 0.6 is 11.6 Å². The summed E-state index contributed by atoms with van der Waals surface area (Å²) in [6, 6.07) is 13.1. The van der Waals surface area contributed by atoms with E-state index >= 15 is 0 Å². The minimum absolute atomic E-state index is 0.201. The van der Waals surface area contributed by atoms with Crippen molar-refractivity contribution < 1.29 is 5.11 Å². The van der Waals surface area contributed by atoms with E-state index in [4.69, 9.17) is 11.6 Å². The Bertz CT molecular complexity index is 727. The average molecular weight is 314 g/mol. The summed E-state index contributed by atoms with van der Waals surface area (Å²) in [5.41, 5.74) is 5.39. The molecule has 2 nitrogen and oxygen atoms in total. The van der Waals surface area contributed by atoms with Crippen LogP contribution in [-0.4, -0.2) is 29.6 Å². The van der Waals surface area contributed by atoms with Crippen LogP contribution in [0.3, 0.4) is 0 Å². The minimum Gasteiger partial charge on any atom is -0.506 e. The Balaban J connectivity index is 1.94. The molecule has 0 aromatic heterocycles. The zero-order valence-electron chi connectivity index (χ0n) is 12.7. The maximum absolute atomic E-state index is 10.1. The van der Waals surface area contributed by atoms with Crippen molar-refractivity contribution >= 4 is 11.6 Å². The Kier molecular flexibility index (Phi) is 3.39. The molecule has 2 aromatic rings. The summed E-state index contributed by atoms with van der Waals surface area (Å²) in [4.78, 5) is 2.48. The molecule has 1 unspecified atom stereocenters. The number of hydrogen-bond donors (Lipinski definition) is 1. The second-order valence-electron chi connectivity index (χ2n) is 6.52. The van der Waals surface area contributed by atoms with Crippen LogP contribution in [0.5, 0.6) is 5.75 Å². The fourth-order valence-corrected chi connectivity index (χ4v) is 4.37. The van der Waals surface area contributed by atoms with E-state index in [1.807, 2.05) is 12.1 Å². The third-order valence-corrected chi connectivity index (χ3v) is 5.63. The highest BCUT2D eigenvalue weighted by Gasteiger charge is 2.36. The zero-order valence-corrected chi connectivity index (χ0v) is 13.5. The van der Waals surface area contributed by atoms with Crippen LogP contribution in [-0.2, 0) is 12.8 Å². The highest BCUT2D eigenvalue weighted by atomic mass is 35.5. The van der Waals surface area contributed by atoms with Gasteiger partial charge in [0.1, 0.15) is 5.75 Å². The molecule has 1 heterocycles. The predicted molar refractivity (Wildman–Crippen MR) is 89.8 cm³/mol. The number of benzene rings is 2. The van der Waals surface area contributed by atoms with E-state index in [1.54, 1.807) is 0 Å². The largest absolute Gasteiger partial charge is 0.506 e. The lowest BCUT2D eigenvalue weighted by Gasteiger charge is -2.38. The van der Waals surface area contributed by atoms with E-state index in [0.717, 1.165) is 19.4 Å². The van der Waals surface area contributed by atoms with E-state index < -0.39 is 0 Å². The second-order valence-corrected chi connectivity index (χ2v) is 6.92. The molecule has 1 N–H and O–H groups in total. The van der Waals surface area contributed by atoms with Crippen molar-refractivity contribution in [2.75, 3.05) is 13.6 Å². The van der Waals surface area contributed by atoms with Crippen molar-refractivity contribution in [2.45, 2.75) is 31.2 Å². The van der Waals surface area contributed by atoms with Gasteiger partial charge >= 0.3 is 0 Å². The maximum atomic E-state index is 10.1. The summed E-state index contributed by atoms with van der Waals surface area (Å²) in [5, 5.41) is 10.6. The number of aryl methyl sites for hydroxylation is 1. The van der Waals surface area contributed by atoms with E-state index in [0.29, 0.717) is 17.0 Å². The van der Waals surface area contributed by atoms with Crippen molar-refractivity contribution in [3.05, 3.63) is 63.7 Å². The Morgan fingerprint density at radius 2 is 1.91 bits per heavy atom. The molecule has 0 fully saturated rings. The molecule has 1 aliphatic carbocycles. The van der Waals surface area contributed by atoms with Crippen molar-refractivity contribution in [1.82, 2.24) is 4.90 Å². The van der Waals surface area contributed by atoms with Gasteiger partial charge in [0.15, 0.2) is 0 Å².